The van der Waals surface area contributed by atoms with E-state index in [9.17, 15) is 9.35 Å². The van der Waals surface area contributed by atoms with Crippen molar-refractivity contribution < 1.29 is 9.35 Å². The van der Waals surface area contributed by atoms with Crippen molar-refractivity contribution in [2.24, 2.45) is 5.14 Å². The molecule has 0 saturated carbocycles. The molecule has 0 aromatic heterocycles. The van der Waals surface area contributed by atoms with Crippen LogP contribution >= 0.6 is 0 Å². The van der Waals surface area contributed by atoms with E-state index in [0.717, 1.165) is 0 Å². The second kappa shape index (κ2) is 3.53. The summed E-state index contributed by atoms with van der Waals surface area (Å²) in [5.74, 6) is 0.145. The SMILES string of the molecule is CC(=O)CN1CC([S+](N)[O-])C1. The molecular weight excluding hydrogens is 164 g/mol. The van der Waals surface area contributed by atoms with Crippen molar-refractivity contribution in [1.82, 2.24) is 4.90 Å². The molecule has 11 heavy (non-hydrogen) atoms. The van der Waals surface area contributed by atoms with Crippen molar-refractivity contribution in [3.8, 4) is 0 Å². The van der Waals surface area contributed by atoms with Gasteiger partial charge < -0.3 is 4.55 Å². The van der Waals surface area contributed by atoms with Crippen LogP contribution < -0.4 is 5.14 Å². The molecule has 4 nitrogen and oxygen atoms in total. The van der Waals surface area contributed by atoms with Gasteiger partial charge in [0.15, 0.2) is 5.25 Å². The van der Waals surface area contributed by atoms with Gasteiger partial charge in [-0.05, 0) is 6.92 Å². The molecule has 64 valence electrons. The average molecular weight is 176 g/mol. The summed E-state index contributed by atoms with van der Waals surface area (Å²) in [6.07, 6.45) is 0. The summed E-state index contributed by atoms with van der Waals surface area (Å²) in [4.78, 5) is 12.5. The third-order valence-corrected chi connectivity index (χ3v) is 2.65. The zero-order chi connectivity index (χ0) is 8.43. The van der Waals surface area contributed by atoms with Crippen LogP contribution in [0.2, 0.25) is 0 Å². The van der Waals surface area contributed by atoms with E-state index in [0.29, 0.717) is 19.6 Å². The number of hydrogen-bond donors (Lipinski definition) is 1. The molecule has 0 aromatic rings. The molecule has 1 rings (SSSR count). The molecule has 1 heterocycles. The Morgan fingerprint density at radius 3 is 2.73 bits per heavy atom. The normalized spacial score (nSPS) is 22.8. The first-order valence-electron chi connectivity index (χ1n) is 3.46. The van der Waals surface area contributed by atoms with Crippen molar-refractivity contribution in [2.75, 3.05) is 19.6 Å². The van der Waals surface area contributed by atoms with E-state index in [4.69, 9.17) is 5.14 Å². The van der Waals surface area contributed by atoms with E-state index < -0.39 is 11.4 Å². The minimum absolute atomic E-state index is 0.0781. The van der Waals surface area contributed by atoms with Crippen LogP contribution in [0.3, 0.4) is 0 Å². The molecule has 0 radical (unpaired) electrons. The third-order valence-electron chi connectivity index (χ3n) is 1.70. The first-order chi connectivity index (χ1) is 5.09. The molecule has 5 heteroatoms. The number of Topliss-reactive ketones (excluding diaryl/α,β-unsaturated/α-hetero) is 1. The van der Waals surface area contributed by atoms with Crippen molar-refractivity contribution in [3.05, 3.63) is 0 Å². The minimum atomic E-state index is -1.21. The largest absolute Gasteiger partial charge is 0.598 e. The standard InChI is InChI=1S/C6H12N2O2S/c1-5(9)2-8-3-6(4-8)11(7)10/h6H,2-4,7H2,1H3. The van der Waals surface area contributed by atoms with Crippen molar-refractivity contribution in [2.45, 2.75) is 12.2 Å². The molecule has 1 atom stereocenters. The van der Waals surface area contributed by atoms with Crippen molar-refractivity contribution in [3.63, 3.8) is 0 Å². The Kier molecular flexibility index (Phi) is 2.89. The fourth-order valence-electron chi connectivity index (χ4n) is 1.11. The van der Waals surface area contributed by atoms with Gasteiger partial charge in [-0.25, -0.2) is 0 Å². The van der Waals surface area contributed by atoms with E-state index in [-0.39, 0.29) is 11.0 Å². The predicted molar refractivity (Wildman–Crippen MR) is 43.2 cm³/mol. The van der Waals surface area contributed by atoms with E-state index >= 15 is 0 Å². The van der Waals surface area contributed by atoms with E-state index in [1.807, 2.05) is 4.90 Å². The topological polar surface area (TPSA) is 69.4 Å². The van der Waals surface area contributed by atoms with E-state index in [1.54, 1.807) is 6.92 Å². The maximum Gasteiger partial charge on any atom is 0.160 e. The van der Waals surface area contributed by atoms with E-state index in [1.165, 1.54) is 0 Å². The third kappa shape index (κ3) is 2.44. The number of ketones is 1. The molecule has 1 aliphatic rings. The van der Waals surface area contributed by atoms with Crippen molar-refractivity contribution in [1.29, 1.82) is 0 Å². The maximum absolute atomic E-state index is 10.6. The quantitative estimate of drug-likeness (QED) is 0.553. The zero-order valence-electron chi connectivity index (χ0n) is 6.45. The Labute approximate surface area is 69.0 Å². The van der Waals surface area contributed by atoms with Crippen LogP contribution in [0, 0.1) is 0 Å². The number of hydrogen-bond acceptors (Lipinski definition) is 4. The van der Waals surface area contributed by atoms with Crippen LogP contribution in [-0.2, 0) is 16.2 Å². The highest BCUT2D eigenvalue weighted by atomic mass is 32.2. The van der Waals surface area contributed by atoms with Crippen LogP contribution in [0.1, 0.15) is 6.92 Å². The van der Waals surface area contributed by atoms with Gasteiger partial charge in [0.2, 0.25) is 0 Å². The van der Waals surface area contributed by atoms with Crippen molar-refractivity contribution >= 4 is 17.1 Å². The van der Waals surface area contributed by atoms with Crippen LogP contribution in [0.15, 0.2) is 0 Å². The molecule has 1 saturated heterocycles. The van der Waals surface area contributed by atoms with Crippen LogP contribution in [0.4, 0.5) is 0 Å². The van der Waals surface area contributed by atoms with E-state index in [2.05, 4.69) is 0 Å². The summed E-state index contributed by atoms with van der Waals surface area (Å²) in [5.41, 5.74) is 0. The Hall–Kier alpha value is -0.100. The number of likely N-dealkylation sites (tertiary alicyclic amines) is 1. The molecule has 1 aliphatic heterocycles. The van der Waals surface area contributed by atoms with Gasteiger partial charge in [-0.3, -0.25) is 9.69 Å². The lowest BCUT2D eigenvalue weighted by Crippen LogP contribution is -2.57. The Bertz CT molecular complexity index is 157. The fraction of sp³-hybridized carbons (Fsp3) is 0.833. The molecular formula is C6H12N2O2S. The molecule has 2 N–H and O–H groups in total. The lowest BCUT2D eigenvalue weighted by atomic mass is 10.2. The Morgan fingerprint density at radius 2 is 2.36 bits per heavy atom. The smallest absolute Gasteiger partial charge is 0.160 e. The zero-order valence-corrected chi connectivity index (χ0v) is 7.26. The van der Waals surface area contributed by atoms with Crippen LogP contribution in [0.5, 0.6) is 0 Å². The monoisotopic (exact) mass is 176 g/mol. The Balaban J connectivity index is 2.14. The summed E-state index contributed by atoms with van der Waals surface area (Å²) in [5, 5.41) is 5.23. The highest BCUT2D eigenvalue weighted by molar-refractivity contribution is 7.89. The number of nitrogens with two attached hydrogens (primary N) is 1. The molecule has 0 bridgehead atoms. The number of rotatable bonds is 3. The molecule has 0 aliphatic carbocycles. The van der Waals surface area contributed by atoms with Gasteiger partial charge in [-0.15, -0.1) is 0 Å². The van der Waals surface area contributed by atoms with Gasteiger partial charge in [0.25, 0.3) is 0 Å². The Morgan fingerprint density at radius 1 is 1.82 bits per heavy atom. The summed E-state index contributed by atoms with van der Waals surface area (Å²) in [6.45, 7) is 3.41. The molecule has 1 unspecified atom stereocenters. The minimum Gasteiger partial charge on any atom is -0.598 e. The number of carbonyl (C=O) groups is 1. The molecule has 0 aromatic carbocycles. The highest BCUT2D eigenvalue weighted by Gasteiger charge is 2.34. The summed E-state index contributed by atoms with van der Waals surface area (Å²) < 4.78 is 10.6. The summed E-state index contributed by atoms with van der Waals surface area (Å²) >= 11 is -1.21. The highest BCUT2D eigenvalue weighted by Crippen LogP contribution is 2.12. The second-order valence-electron chi connectivity index (χ2n) is 2.85. The summed E-state index contributed by atoms with van der Waals surface area (Å²) in [6, 6.07) is 0. The van der Waals surface area contributed by atoms with Gasteiger partial charge in [0, 0.05) is 24.5 Å². The van der Waals surface area contributed by atoms with Crippen LogP contribution in [0.25, 0.3) is 0 Å². The molecule has 1 fully saturated rings. The van der Waals surface area contributed by atoms with Gasteiger partial charge in [-0.1, -0.05) is 0 Å². The maximum atomic E-state index is 10.6. The summed E-state index contributed by atoms with van der Waals surface area (Å²) in [7, 11) is 0. The van der Waals surface area contributed by atoms with Gasteiger partial charge in [-0.2, -0.15) is 5.14 Å². The van der Waals surface area contributed by atoms with Gasteiger partial charge in [0.05, 0.1) is 6.54 Å². The van der Waals surface area contributed by atoms with Gasteiger partial charge >= 0.3 is 0 Å². The van der Waals surface area contributed by atoms with Gasteiger partial charge in [0.1, 0.15) is 5.78 Å². The first kappa shape index (κ1) is 8.99. The second-order valence-corrected chi connectivity index (χ2v) is 4.17. The molecule has 0 amide bonds. The fourth-order valence-corrected chi connectivity index (χ4v) is 1.83. The predicted octanol–water partition coefficient (Wildman–Crippen LogP) is -1.12. The number of carbonyl (C=O) groups excluding carboxylic acids is 1. The lowest BCUT2D eigenvalue weighted by molar-refractivity contribution is -0.118. The number of nitrogens with zero attached hydrogens (tertiary/aromatic N) is 1. The lowest BCUT2D eigenvalue weighted by Gasteiger charge is -2.36. The van der Waals surface area contributed by atoms with Crippen LogP contribution in [-0.4, -0.2) is 40.1 Å². The molecule has 0 spiro atoms. The first-order valence-corrected chi connectivity index (χ1v) is 4.74. The average Bonchev–Trinajstić information content (AvgIpc) is 1.75.